The molecule has 0 radical (unpaired) electrons. The molecule has 0 spiro atoms. The summed E-state index contributed by atoms with van der Waals surface area (Å²) in [5.74, 6) is -0.713. The molecule has 1 aliphatic carbocycles. The molecule has 0 saturated heterocycles. The molecule has 3 nitrogen and oxygen atoms in total. The zero-order valence-electron chi connectivity index (χ0n) is 14.1. The Kier molecular flexibility index (Phi) is 4.49. The lowest BCUT2D eigenvalue weighted by Crippen LogP contribution is -2.01. The van der Waals surface area contributed by atoms with Crippen molar-refractivity contribution in [3.8, 4) is 6.07 Å². The average Bonchev–Trinajstić information content (AvgIpc) is 3.03. The highest BCUT2D eigenvalue weighted by molar-refractivity contribution is 7.90. The predicted molar refractivity (Wildman–Crippen MR) is 96.1 cm³/mol. The number of sulfone groups is 1. The van der Waals surface area contributed by atoms with Crippen molar-refractivity contribution in [2.75, 3.05) is 6.26 Å². The summed E-state index contributed by atoms with van der Waals surface area (Å²) in [6.07, 6.45) is 3.69. The summed E-state index contributed by atoms with van der Waals surface area (Å²) in [6, 6.07) is 12.2. The van der Waals surface area contributed by atoms with Gasteiger partial charge in [0.1, 0.15) is 10.7 Å². The van der Waals surface area contributed by atoms with Crippen LogP contribution in [0, 0.1) is 24.1 Å². The molecule has 0 N–H and O–H groups in total. The van der Waals surface area contributed by atoms with Gasteiger partial charge in [0.05, 0.1) is 11.6 Å². The van der Waals surface area contributed by atoms with Gasteiger partial charge in [-0.25, -0.2) is 12.8 Å². The molecule has 3 rings (SSSR count). The molecule has 0 aromatic heterocycles. The van der Waals surface area contributed by atoms with Crippen LogP contribution in [-0.4, -0.2) is 14.7 Å². The van der Waals surface area contributed by atoms with E-state index in [0.29, 0.717) is 5.56 Å². The van der Waals surface area contributed by atoms with Crippen molar-refractivity contribution in [1.82, 2.24) is 0 Å². The van der Waals surface area contributed by atoms with Gasteiger partial charge in [-0.05, 0) is 72.2 Å². The van der Waals surface area contributed by atoms with Crippen molar-refractivity contribution in [3.05, 3.63) is 64.5 Å². The summed E-state index contributed by atoms with van der Waals surface area (Å²) in [4.78, 5) is -0.273. The molecule has 2 aromatic rings. The van der Waals surface area contributed by atoms with Gasteiger partial charge in [0, 0.05) is 6.26 Å². The number of nitrogens with zero attached hydrogens (tertiary/aromatic N) is 1. The molecule has 2 aromatic carbocycles. The smallest absolute Gasteiger partial charge is 0.178 e. The number of benzene rings is 2. The Hall–Kier alpha value is -2.45. The Balaban J connectivity index is 2.09. The minimum atomic E-state index is -3.57. The summed E-state index contributed by atoms with van der Waals surface area (Å²) >= 11 is 0. The van der Waals surface area contributed by atoms with Crippen LogP contribution in [0.4, 0.5) is 4.39 Å². The van der Waals surface area contributed by atoms with Gasteiger partial charge < -0.3 is 0 Å². The molecule has 0 amide bonds. The fraction of sp³-hybridized carbons (Fsp3) is 0.250. The monoisotopic (exact) mass is 355 g/mol. The lowest BCUT2D eigenvalue weighted by molar-refractivity contribution is 0.570. The third kappa shape index (κ3) is 3.35. The zero-order valence-corrected chi connectivity index (χ0v) is 15.0. The summed E-state index contributed by atoms with van der Waals surface area (Å²) in [6.45, 7) is 1.90. The summed E-state index contributed by atoms with van der Waals surface area (Å²) < 4.78 is 37.4. The van der Waals surface area contributed by atoms with Gasteiger partial charge >= 0.3 is 0 Å². The van der Waals surface area contributed by atoms with Crippen molar-refractivity contribution >= 4 is 21.0 Å². The number of allylic oxidation sites excluding steroid dienone is 2. The largest absolute Gasteiger partial charge is 0.224 e. The Labute approximate surface area is 147 Å². The van der Waals surface area contributed by atoms with Gasteiger partial charge in [0.15, 0.2) is 9.84 Å². The molecule has 1 aliphatic rings. The molecule has 128 valence electrons. The van der Waals surface area contributed by atoms with Crippen molar-refractivity contribution < 1.29 is 12.8 Å². The maximum Gasteiger partial charge on any atom is 0.178 e. The van der Waals surface area contributed by atoms with Crippen molar-refractivity contribution in [1.29, 1.82) is 5.26 Å². The number of nitriles is 1. The first-order chi connectivity index (χ1) is 11.8. The molecule has 25 heavy (non-hydrogen) atoms. The minimum absolute atomic E-state index is 0.273. The van der Waals surface area contributed by atoms with E-state index in [-0.39, 0.29) is 4.90 Å². The van der Waals surface area contributed by atoms with Crippen molar-refractivity contribution in [2.24, 2.45) is 0 Å². The molecule has 0 heterocycles. The fourth-order valence-electron chi connectivity index (χ4n) is 3.35. The second-order valence-electron chi connectivity index (χ2n) is 6.37. The van der Waals surface area contributed by atoms with Crippen LogP contribution in [0.1, 0.15) is 41.5 Å². The maximum absolute atomic E-state index is 14.3. The van der Waals surface area contributed by atoms with E-state index >= 15 is 0 Å². The van der Waals surface area contributed by atoms with E-state index in [9.17, 15) is 12.8 Å². The number of rotatable bonds is 3. The molecule has 0 unspecified atom stereocenters. The average molecular weight is 355 g/mol. The predicted octanol–water partition coefficient (Wildman–Crippen LogP) is 4.50. The van der Waals surface area contributed by atoms with E-state index in [1.54, 1.807) is 12.1 Å². The van der Waals surface area contributed by atoms with Crippen molar-refractivity contribution in [3.63, 3.8) is 0 Å². The van der Waals surface area contributed by atoms with Crippen LogP contribution in [0.5, 0.6) is 0 Å². The molecule has 0 saturated carbocycles. The van der Waals surface area contributed by atoms with Gasteiger partial charge in [-0.3, -0.25) is 0 Å². The minimum Gasteiger partial charge on any atom is -0.224 e. The highest BCUT2D eigenvalue weighted by Crippen LogP contribution is 2.40. The topological polar surface area (TPSA) is 57.9 Å². The van der Waals surface area contributed by atoms with Gasteiger partial charge in [0.2, 0.25) is 0 Å². The number of hydrogen-bond acceptors (Lipinski definition) is 3. The van der Waals surface area contributed by atoms with Crippen molar-refractivity contribution in [2.45, 2.75) is 31.1 Å². The fourth-order valence-corrected chi connectivity index (χ4v) is 4.08. The van der Waals surface area contributed by atoms with Crippen LogP contribution >= 0.6 is 0 Å². The molecule has 5 heteroatoms. The first-order valence-corrected chi connectivity index (χ1v) is 9.93. The van der Waals surface area contributed by atoms with Crippen LogP contribution in [0.15, 0.2) is 41.3 Å². The van der Waals surface area contributed by atoms with Gasteiger partial charge in [-0.15, -0.1) is 0 Å². The number of hydrogen-bond donors (Lipinski definition) is 0. The van der Waals surface area contributed by atoms with Crippen LogP contribution in [0.2, 0.25) is 0 Å². The highest BCUT2D eigenvalue weighted by Gasteiger charge is 2.21. The second-order valence-corrected chi connectivity index (χ2v) is 8.35. The Morgan fingerprint density at radius 1 is 1.04 bits per heavy atom. The van der Waals surface area contributed by atoms with E-state index in [2.05, 4.69) is 6.07 Å². The molecule has 0 fully saturated rings. The quantitative estimate of drug-likeness (QED) is 0.814. The van der Waals surface area contributed by atoms with Gasteiger partial charge in [-0.1, -0.05) is 18.2 Å². The number of aryl methyl sites for hydroxylation is 1. The standard InChI is InChI=1S/C20H18FNO2S/c1-13-10-14(6-7-16(13)12-22)17-4-3-5-18(17)15-8-9-20(19(21)11-15)25(2,23)24/h6-11H,3-5H2,1-2H3. The molecule has 0 aliphatic heterocycles. The van der Waals surface area contributed by atoms with Gasteiger partial charge in [-0.2, -0.15) is 5.26 Å². The van der Waals surface area contributed by atoms with Gasteiger partial charge in [0.25, 0.3) is 0 Å². The lowest BCUT2D eigenvalue weighted by Gasteiger charge is -2.11. The molecule has 0 atom stereocenters. The third-order valence-electron chi connectivity index (χ3n) is 4.59. The van der Waals surface area contributed by atoms with E-state index in [0.717, 1.165) is 53.4 Å². The normalized spacial score (nSPS) is 14.6. The van der Waals surface area contributed by atoms with E-state index < -0.39 is 15.7 Å². The van der Waals surface area contributed by atoms with Crippen LogP contribution in [0.3, 0.4) is 0 Å². The SMILES string of the molecule is Cc1cc(C2=C(c3ccc(S(C)(=O)=O)c(F)c3)CCC2)ccc1C#N. The Bertz CT molecular complexity index is 1030. The lowest BCUT2D eigenvalue weighted by atomic mass is 9.95. The van der Waals surface area contributed by atoms with E-state index in [1.165, 1.54) is 12.1 Å². The number of halogens is 1. The summed E-state index contributed by atoms with van der Waals surface area (Å²) in [7, 11) is -3.57. The van der Waals surface area contributed by atoms with E-state index in [4.69, 9.17) is 5.26 Å². The third-order valence-corrected chi connectivity index (χ3v) is 5.72. The first-order valence-electron chi connectivity index (χ1n) is 8.04. The Morgan fingerprint density at radius 2 is 1.64 bits per heavy atom. The van der Waals surface area contributed by atoms with Crippen LogP contribution in [-0.2, 0) is 9.84 Å². The first kappa shape index (κ1) is 17.4. The Morgan fingerprint density at radius 3 is 2.16 bits per heavy atom. The van der Waals surface area contributed by atoms with Crippen LogP contribution < -0.4 is 0 Å². The maximum atomic E-state index is 14.3. The second kappa shape index (κ2) is 6.45. The summed E-state index contributed by atoms with van der Waals surface area (Å²) in [5.41, 5.74) is 5.50. The molecule has 0 bridgehead atoms. The highest BCUT2D eigenvalue weighted by atomic mass is 32.2. The molecular weight excluding hydrogens is 337 g/mol. The molecular formula is C20H18FNO2S. The van der Waals surface area contributed by atoms with Crippen LogP contribution in [0.25, 0.3) is 11.1 Å². The summed E-state index contributed by atoms with van der Waals surface area (Å²) in [5, 5.41) is 9.07. The van der Waals surface area contributed by atoms with E-state index in [1.807, 2.05) is 19.1 Å². The zero-order chi connectivity index (χ0) is 18.2.